The number of carbonyl (C=O) groups is 2. The van der Waals surface area contributed by atoms with Crippen LogP contribution in [0.3, 0.4) is 0 Å². The van der Waals surface area contributed by atoms with Crippen LogP contribution < -0.4 is 10.1 Å². The number of thiophene rings is 1. The predicted molar refractivity (Wildman–Crippen MR) is 90.6 cm³/mol. The third-order valence-electron chi connectivity index (χ3n) is 3.15. The monoisotopic (exact) mass is 353 g/mol. The van der Waals surface area contributed by atoms with E-state index in [1.54, 1.807) is 29.0 Å². The standard InChI is InChI=1S/C16H16ClNO4S/c1-9-6-13(14(21-3)7-12(9)17)18-15(19)10(2)22-16(20)11-4-5-23-8-11/h4-8,10H,1-3H3,(H,18,19)/t10-/m1/s1. The number of carbonyl (C=O) groups excluding carboxylic acids is 2. The Morgan fingerprint density at radius 2 is 2.09 bits per heavy atom. The fourth-order valence-electron chi connectivity index (χ4n) is 1.83. The highest BCUT2D eigenvalue weighted by atomic mass is 35.5. The Labute approximate surface area is 143 Å². The molecular formula is C16H16ClNO4S. The molecule has 2 rings (SSSR count). The van der Waals surface area contributed by atoms with Crippen LogP contribution in [0.5, 0.6) is 5.75 Å². The molecule has 0 saturated carbocycles. The first-order valence-corrected chi connectivity index (χ1v) is 8.12. The summed E-state index contributed by atoms with van der Waals surface area (Å²) in [6, 6.07) is 4.96. The second-order valence-electron chi connectivity index (χ2n) is 4.85. The maximum atomic E-state index is 12.2. The van der Waals surface area contributed by atoms with Gasteiger partial charge in [-0.15, -0.1) is 0 Å². The van der Waals surface area contributed by atoms with Gasteiger partial charge in [-0.25, -0.2) is 4.79 Å². The van der Waals surface area contributed by atoms with E-state index >= 15 is 0 Å². The first-order valence-electron chi connectivity index (χ1n) is 6.80. The van der Waals surface area contributed by atoms with Gasteiger partial charge in [0.1, 0.15) is 5.75 Å². The minimum absolute atomic E-state index is 0.426. The molecule has 7 heteroatoms. The molecule has 23 heavy (non-hydrogen) atoms. The number of nitrogens with one attached hydrogen (secondary N) is 1. The van der Waals surface area contributed by atoms with Crippen molar-refractivity contribution < 1.29 is 19.1 Å². The predicted octanol–water partition coefficient (Wildman–Crippen LogP) is 3.90. The van der Waals surface area contributed by atoms with Crippen LogP contribution in [0.15, 0.2) is 29.0 Å². The number of hydrogen-bond acceptors (Lipinski definition) is 5. The molecule has 1 amide bonds. The molecule has 0 radical (unpaired) electrons. The zero-order chi connectivity index (χ0) is 17.0. The van der Waals surface area contributed by atoms with Crippen molar-refractivity contribution in [2.75, 3.05) is 12.4 Å². The smallest absolute Gasteiger partial charge is 0.339 e. The number of amides is 1. The fraction of sp³-hybridized carbons (Fsp3) is 0.250. The molecule has 122 valence electrons. The van der Waals surface area contributed by atoms with Crippen LogP contribution in [0.1, 0.15) is 22.8 Å². The number of esters is 1. The van der Waals surface area contributed by atoms with Gasteiger partial charge in [0.05, 0.1) is 18.4 Å². The van der Waals surface area contributed by atoms with Crippen molar-refractivity contribution in [3.8, 4) is 5.75 Å². The average molecular weight is 354 g/mol. The minimum Gasteiger partial charge on any atom is -0.495 e. The summed E-state index contributed by atoms with van der Waals surface area (Å²) in [5, 5.41) is 6.65. The Morgan fingerprint density at radius 1 is 1.35 bits per heavy atom. The van der Waals surface area contributed by atoms with Crippen molar-refractivity contribution in [2.24, 2.45) is 0 Å². The van der Waals surface area contributed by atoms with Crippen molar-refractivity contribution in [1.82, 2.24) is 0 Å². The van der Waals surface area contributed by atoms with E-state index in [-0.39, 0.29) is 0 Å². The Bertz CT molecular complexity index is 715. The van der Waals surface area contributed by atoms with Crippen LogP contribution in [-0.4, -0.2) is 25.1 Å². The van der Waals surface area contributed by atoms with Gasteiger partial charge in [0.15, 0.2) is 6.10 Å². The molecule has 5 nitrogen and oxygen atoms in total. The van der Waals surface area contributed by atoms with E-state index in [1.165, 1.54) is 25.4 Å². The zero-order valence-electron chi connectivity index (χ0n) is 12.9. The minimum atomic E-state index is -0.942. The molecule has 1 atom stereocenters. The van der Waals surface area contributed by atoms with Gasteiger partial charge in [0.2, 0.25) is 0 Å². The van der Waals surface area contributed by atoms with Gasteiger partial charge < -0.3 is 14.8 Å². The Hall–Kier alpha value is -2.05. The summed E-state index contributed by atoms with van der Waals surface area (Å²) in [5.74, 6) is -0.549. The highest BCUT2D eigenvalue weighted by Gasteiger charge is 2.20. The summed E-state index contributed by atoms with van der Waals surface area (Å²) >= 11 is 7.41. The molecular weight excluding hydrogens is 338 g/mol. The summed E-state index contributed by atoms with van der Waals surface area (Å²) in [4.78, 5) is 24.1. The molecule has 0 fully saturated rings. The van der Waals surface area contributed by atoms with E-state index in [4.69, 9.17) is 21.1 Å². The molecule has 1 N–H and O–H groups in total. The lowest BCUT2D eigenvalue weighted by molar-refractivity contribution is -0.123. The van der Waals surface area contributed by atoms with Gasteiger partial charge in [0, 0.05) is 16.5 Å². The summed E-state index contributed by atoms with van der Waals surface area (Å²) in [5.41, 5.74) is 1.69. The first-order chi connectivity index (χ1) is 10.9. The zero-order valence-corrected chi connectivity index (χ0v) is 14.5. The van der Waals surface area contributed by atoms with Gasteiger partial charge in [-0.1, -0.05) is 11.6 Å². The second kappa shape index (κ2) is 7.48. The lowest BCUT2D eigenvalue weighted by Gasteiger charge is -2.16. The van der Waals surface area contributed by atoms with Crippen molar-refractivity contribution in [3.63, 3.8) is 0 Å². The van der Waals surface area contributed by atoms with E-state index in [0.29, 0.717) is 22.0 Å². The Morgan fingerprint density at radius 3 is 2.70 bits per heavy atom. The number of rotatable bonds is 5. The van der Waals surface area contributed by atoms with Crippen LogP contribution in [0.4, 0.5) is 5.69 Å². The van der Waals surface area contributed by atoms with E-state index < -0.39 is 18.0 Å². The summed E-state index contributed by atoms with van der Waals surface area (Å²) in [6.45, 7) is 3.33. The number of methoxy groups -OCH3 is 1. The summed E-state index contributed by atoms with van der Waals surface area (Å²) < 4.78 is 10.3. The molecule has 0 bridgehead atoms. The summed E-state index contributed by atoms with van der Waals surface area (Å²) in [6.07, 6.45) is -0.942. The Balaban J connectivity index is 2.06. The van der Waals surface area contributed by atoms with E-state index in [9.17, 15) is 9.59 Å². The quantitative estimate of drug-likeness (QED) is 0.828. The third-order valence-corrected chi connectivity index (χ3v) is 4.24. The van der Waals surface area contributed by atoms with Crippen molar-refractivity contribution in [2.45, 2.75) is 20.0 Å². The van der Waals surface area contributed by atoms with Gasteiger partial charge in [-0.3, -0.25) is 4.79 Å². The van der Waals surface area contributed by atoms with Crippen LogP contribution >= 0.6 is 22.9 Å². The lowest BCUT2D eigenvalue weighted by Crippen LogP contribution is -2.30. The number of benzene rings is 1. The van der Waals surface area contributed by atoms with Crippen molar-refractivity contribution in [3.05, 3.63) is 45.1 Å². The molecule has 0 unspecified atom stereocenters. The number of aryl methyl sites for hydroxylation is 1. The van der Waals surface area contributed by atoms with Gasteiger partial charge >= 0.3 is 5.97 Å². The topological polar surface area (TPSA) is 64.6 Å². The van der Waals surface area contributed by atoms with E-state index in [1.807, 2.05) is 6.92 Å². The maximum Gasteiger partial charge on any atom is 0.339 e. The lowest BCUT2D eigenvalue weighted by atomic mass is 10.2. The molecule has 0 spiro atoms. The molecule has 0 aliphatic heterocycles. The first kappa shape index (κ1) is 17.3. The highest BCUT2D eigenvalue weighted by Crippen LogP contribution is 2.31. The molecule has 1 heterocycles. The largest absolute Gasteiger partial charge is 0.495 e. The average Bonchev–Trinajstić information content (AvgIpc) is 3.04. The van der Waals surface area contributed by atoms with E-state index in [2.05, 4.69) is 5.32 Å². The van der Waals surface area contributed by atoms with Crippen LogP contribution in [0, 0.1) is 6.92 Å². The van der Waals surface area contributed by atoms with E-state index in [0.717, 1.165) is 5.56 Å². The maximum absolute atomic E-state index is 12.2. The molecule has 0 aliphatic rings. The molecule has 1 aromatic heterocycles. The fourth-order valence-corrected chi connectivity index (χ4v) is 2.61. The van der Waals surface area contributed by atoms with Gasteiger partial charge in [0.25, 0.3) is 5.91 Å². The van der Waals surface area contributed by atoms with Gasteiger partial charge in [-0.2, -0.15) is 11.3 Å². The number of halogens is 1. The SMILES string of the molecule is COc1cc(Cl)c(C)cc1NC(=O)[C@@H](C)OC(=O)c1ccsc1. The Kier molecular flexibility index (Phi) is 5.63. The summed E-state index contributed by atoms with van der Waals surface area (Å²) in [7, 11) is 1.48. The number of anilines is 1. The second-order valence-corrected chi connectivity index (χ2v) is 6.04. The normalized spacial score (nSPS) is 11.7. The van der Waals surface area contributed by atoms with Crippen LogP contribution in [-0.2, 0) is 9.53 Å². The van der Waals surface area contributed by atoms with Crippen LogP contribution in [0.25, 0.3) is 0 Å². The molecule has 1 aromatic carbocycles. The molecule has 0 aliphatic carbocycles. The number of ether oxygens (including phenoxy) is 2. The molecule has 0 saturated heterocycles. The highest BCUT2D eigenvalue weighted by molar-refractivity contribution is 7.08. The molecule has 2 aromatic rings. The van der Waals surface area contributed by atoms with Crippen molar-refractivity contribution in [1.29, 1.82) is 0 Å². The third kappa shape index (κ3) is 4.24. The van der Waals surface area contributed by atoms with Gasteiger partial charge in [-0.05, 0) is 36.9 Å². The van der Waals surface area contributed by atoms with Crippen LogP contribution in [0.2, 0.25) is 5.02 Å². The van der Waals surface area contributed by atoms with Crippen molar-refractivity contribution >= 4 is 40.5 Å². The number of hydrogen-bond donors (Lipinski definition) is 1.